The van der Waals surface area contributed by atoms with Crippen molar-refractivity contribution in [1.82, 2.24) is 0 Å². The SMILES string of the molecule is C=CCc1cc(C=Nc2ccc(C(=O)O)cc2C)cc(OC)c1OCC(=O)O. The Morgan fingerprint density at radius 3 is 2.54 bits per heavy atom. The Bertz CT molecular complexity index is 933. The van der Waals surface area contributed by atoms with Gasteiger partial charge in [0, 0.05) is 11.8 Å². The van der Waals surface area contributed by atoms with Crippen molar-refractivity contribution in [3.8, 4) is 11.5 Å². The van der Waals surface area contributed by atoms with Crippen molar-refractivity contribution in [1.29, 1.82) is 0 Å². The van der Waals surface area contributed by atoms with Crippen molar-refractivity contribution in [2.45, 2.75) is 13.3 Å². The Labute approximate surface area is 162 Å². The molecule has 0 aliphatic heterocycles. The van der Waals surface area contributed by atoms with Gasteiger partial charge < -0.3 is 19.7 Å². The number of aliphatic imine (C=N–C) groups is 1. The number of carboxylic acid groups (broad SMARTS) is 2. The van der Waals surface area contributed by atoms with E-state index in [1.54, 1.807) is 37.4 Å². The topological polar surface area (TPSA) is 105 Å². The van der Waals surface area contributed by atoms with Crippen molar-refractivity contribution in [3.63, 3.8) is 0 Å². The Morgan fingerprint density at radius 1 is 1.21 bits per heavy atom. The van der Waals surface area contributed by atoms with Crippen LogP contribution in [0.5, 0.6) is 11.5 Å². The zero-order valence-corrected chi connectivity index (χ0v) is 15.6. The van der Waals surface area contributed by atoms with Crippen LogP contribution in [0.2, 0.25) is 0 Å². The van der Waals surface area contributed by atoms with Gasteiger partial charge in [0.25, 0.3) is 0 Å². The number of benzene rings is 2. The van der Waals surface area contributed by atoms with E-state index in [2.05, 4.69) is 11.6 Å². The van der Waals surface area contributed by atoms with Crippen LogP contribution in [0, 0.1) is 6.92 Å². The Balaban J connectivity index is 2.38. The summed E-state index contributed by atoms with van der Waals surface area (Å²) in [6.45, 7) is 5.01. The Hall–Kier alpha value is -3.61. The first-order chi connectivity index (χ1) is 13.3. The van der Waals surface area contributed by atoms with E-state index in [4.69, 9.17) is 19.7 Å². The second-order valence-corrected chi connectivity index (χ2v) is 5.95. The third kappa shape index (κ3) is 5.20. The van der Waals surface area contributed by atoms with Gasteiger partial charge in [0.05, 0.1) is 18.4 Å². The number of ether oxygens (including phenoxy) is 2. The summed E-state index contributed by atoms with van der Waals surface area (Å²) >= 11 is 0. The van der Waals surface area contributed by atoms with Crippen molar-refractivity contribution in [2.24, 2.45) is 4.99 Å². The number of aliphatic carboxylic acids is 1. The van der Waals surface area contributed by atoms with E-state index >= 15 is 0 Å². The molecule has 2 aromatic rings. The highest BCUT2D eigenvalue weighted by Crippen LogP contribution is 2.33. The van der Waals surface area contributed by atoms with Crippen LogP contribution in [0.3, 0.4) is 0 Å². The summed E-state index contributed by atoms with van der Waals surface area (Å²) in [5.74, 6) is -1.34. The average molecular weight is 383 g/mol. The maximum atomic E-state index is 11.0. The summed E-state index contributed by atoms with van der Waals surface area (Å²) in [6.07, 6.45) is 3.76. The van der Waals surface area contributed by atoms with Gasteiger partial charge in [-0.1, -0.05) is 6.08 Å². The number of hydrogen-bond donors (Lipinski definition) is 2. The minimum Gasteiger partial charge on any atom is -0.493 e. The Kier molecular flexibility index (Phi) is 6.92. The quantitative estimate of drug-likeness (QED) is 0.506. The van der Waals surface area contributed by atoms with Gasteiger partial charge in [0.2, 0.25) is 0 Å². The van der Waals surface area contributed by atoms with Crippen LogP contribution in [-0.4, -0.2) is 42.1 Å². The third-order valence-electron chi connectivity index (χ3n) is 3.87. The first-order valence-electron chi connectivity index (χ1n) is 8.40. The highest BCUT2D eigenvalue weighted by atomic mass is 16.5. The lowest BCUT2D eigenvalue weighted by molar-refractivity contribution is -0.139. The number of aromatic carboxylic acids is 1. The summed E-state index contributed by atoms with van der Waals surface area (Å²) < 4.78 is 10.7. The molecular formula is C21H21NO6. The van der Waals surface area contributed by atoms with Crippen molar-refractivity contribution < 1.29 is 29.3 Å². The minimum atomic E-state index is -1.09. The number of carboxylic acids is 2. The van der Waals surface area contributed by atoms with Crippen LogP contribution in [-0.2, 0) is 11.2 Å². The fourth-order valence-corrected chi connectivity index (χ4v) is 2.59. The average Bonchev–Trinajstić information content (AvgIpc) is 2.65. The summed E-state index contributed by atoms with van der Waals surface area (Å²) in [5.41, 5.74) is 3.01. The van der Waals surface area contributed by atoms with Crippen LogP contribution < -0.4 is 9.47 Å². The molecule has 0 saturated heterocycles. The Morgan fingerprint density at radius 2 is 1.96 bits per heavy atom. The van der Waals surface area contributed by atoms with Gasteiger partial charge in [-0.3, -0.25) is 4.99 Å². The molecule has 0 fully saturated rings. The molecule has 0 aliphatic rings. The minimum absolute atomic E-state index is 0.200. The third-order valence-corrected chi connectivity index (χ3v) is 3.87. The number of methoxy groups -OCH3 is 1. The summed E-state index contributed by atoms with van der Waals surface area (Å²) in [5, 5.41) is 17.9. The van der Waals surface area contributed by atoms with Gasteiger partial charge >= 0.3 is 11.9 Å². The van der Waals surface area contributed by atoms with Crippen LogP contribution in [0.1, 0.15) is 27.0 Å². The molecule has 2 N–H and O–H groups in total. The van der Waals surface area contributed by atoms with E-state index < -0.39 is 18.5 Å². The lowest BCUT2D eigenvalue weighted by atomic mass is 10.1. The molecule has 7 heteroatoms. The molecule has 0 amide bonds. The first-order valence-corrected chi connectivity index (χ1v) is 8.40. The maximum Gasteiger partial charge on any atom is 0.341 e. The maximum absolute atomic E-state index is 11.0. The molecule has 0 bridgehead atoms. The fourth-order valence-electron chi connectivity index (χ4n) is 2.59. The van der Waals surface area contributed by atoms with Gasteiger partial charge in [-0.15, -0.1) is 6.58 Å². The number of aryl methyl sites for hydroxylation is 1. The van der Waals surface area contributed by atoms with E-state index in [0.717, 1.165) is 16.7 Å². The predicted molar refractivity (Wildman–Crippen MR) is 105 cm³/mol. The van der Waals surface area contributed by atoms with Crippen LogP contribution in [0.25, 0.3) is 0 Å². The van der Waals surface area contributed by atoms with E-state index in [1.807, 2.05) is 6.07 Å². The smallest absolute Gasteiger partial charge is 0.341 e. The molecular weight excluding hydrogens is 362 g/mol. The molecule has 2 rings (SSSR count). The number of hydrogen-bond acceptors (Lipinski definition) is 5. The molecule has 0 atom stereocenters. The zero-order valence-electron chi connectivity index (χ0n) is 15.6. The summed E-state index contributed by atoms with van der Waals surface area (Å²) in [4.78, 5) is 26.3. The van der Waals surface area contributed by atoms with Gasteiger partial charge in [0.1, 0.15) is 0 Å². The van der Waals surface area contributed by atoms with Crippen molar-refractivity contribution in [3.05, 3.63) is 65.2 Å². The fraction of sp³-hybridized carbons (Fsp3) is 0.190. The number of rotatable bonds is 9. The van der Waals surface area contributed by atoms with E-state index in [0.29, 0.717) is 23.6 Å². The van der Waals surface area contributed by atoms with Gasteiger partial charge in [-0.05, 0) is 54.8 Å². The van der Waals surface area contributed by atoms with Gasteiger partial charge in [0.15, 0.2) is 18.1 Å². The number of allylic oxidation sites excluding steroid dienone is 1. The molecule has 0 spiro atoms. The van der Waals surface area contributed by atoms with Crippen LogP contribution in [0.15, 0.2) is 48.0 Å². The van der Waals surface area contributed by atoms with Gasteiger partial charge in [-0.25, -0.2) is 9.59 Å². The highest BCUT2D eigenvalue weighted by molar-refractivity contribution is 5.89. The molecule has 0 aromatic heterocycles. The largest absolute Gasteiger partial charge is 0.493 e. The zero-order chi connectivity index (χ0) is 20.7. The van der Waals surface area contributed by atoms with Gasteiger partial charge in [-0.2, -0.15) is 0 Å². The summed E-state index contributed by atoms with van der Waals surface area (Å²) in [6, 6.07) is 8.19. The summed E-state index contributed by atoms with van der Waals surface area (Å²) in [7, 11) is 1.47. The van der Waals surface area contributed by atoms with E-state index in [1.165, 1.54) is 13.2 Å². The molecule has 0 radical (unpaired) electrons. The second-order valence-electron chi connectivity index (χ2n) is 5.95. The molecule has 28 heavy (non-hydrogen) atoms. The lowest BCUT2D eigenvalue weighted by Gasteiger charge is -2.14. The molecule has 0 saturated carbocycles. The molecule has 0 heterocycles. The molecule has 0 aliphatic carbocycles. The van der Waals surface area contributed by atoms with Crippen LogP contribution in [0.4, 0.5) is 5.69 Å². The molecule has 0 unspecified atom stereocenters. The highest BCUT2D eigenvalue weighted by Gasteiger charge is 2.14. The predicted octanol–water partition coefficient (Wildman–Crippen LogP) is 3.64. The lowest BCUT2D eigenvalue weighted by Crippen LogP contribution is -2.11. The van der Waals surface area contributed by atoms with Crippen LogP contribution >= 0.6 is 0 Å². The monoisotopic (exact) mass is 383 g/mol. The molecule has 146 valence electrons. The second kappa shape index (κ2) is 9.36. The number of nitrogens with zero attached hydrogens (tertiary/aromatic N) is 1. The first kappa shape index (κ1) is 20.7. The van der Waals surface area contributed by atoms with Crippen molar-refractivity contribution in [2.75, 3.05) is 13.7 Å². The van der Waals surface area contributed by atoms with E-state index in [-0.39, 0.29) is 5.56 Å². The standard InChI is InChI=1S/C21H21NO6/c1-4-5-15-9-14(10-18(27-3)20(15)28-12-19(23)24)11-22-17-7-6-16(21(25)26)8-13(17)2/h4,6-11H,1,5,12H2,2-3H3,(H,23,24)(H,25,26). The number of carbonyl (C=O) groups is 2. The van der Waals surface area contributed by atoms with Crippen molar-refractivity contribution >= 4 is 23.8 Å². The molecule has 7 nitrogen and oxygen atoms in total. The van der Waals surface area contributed by atoms with E-state index in [9.17, 15) is 9.59 Å². The normalized spacial score (nSPS) is 10.6. The molecule has 2 aromatic carbocycles.